The quantitative estimate of drug-likeness (QED) is 0.587. The van der Waals surface area contributed by atoms with Crippen molar-refractivity contribution in [3.8, 4) is 0 Å². The lowest BCUT2D eigenvalue weighted by molar-refractivity contribution is -0.142. The Morgan fingerprint density at radius 1 is 0.952 bits per heavy atom. The summed E-state index contributed by atoms with van der Waals surface area (Å²) in [6, 6.07) is 13.2. The second kappa shape index (κ2) is 3.76. The molecule has 0 heterocycles. The van der Waals surface area contributed by atoms with Crippen LogP contribution in [-0.2, 0) is 9.53 Å². The van der Waals surface area contributed by atoms with Gasteiger partial charge in [0.2, 0.25) is 0 Å². The largest absolute Gasteiger partial charge is 0.469 e. The maximum Gasteiger partial charge on any atom is 0.309 e. The van der Waals surface area contributed by atoms with Crippen molar-refractivity contribution in [2.45, 2.75) is 11.8 Å². The summed E-state index contributed by atoms with van der Waals surface area (Å²) in [5, 5.41) is 2.59. The number of fused-ring (bicyclic) bond motifs is 1. The van der Waals surface area contributed by atoms with Crippen molar-refractivity contribution in [1.82, 2.24) is 0 Å². The van der Waals surface area contributed by atoms with Gasteiger partial charge in [-0.3, -0.25) is 4.79 Å². The molecule has 4 aliphatic carbocycles. The first-order chi connectivity index (χ1) is 10.3. The highest BCUT2D eigenvalue weighted by Crippen LogP contribution is 2.68. The Labute approximate surface area is 123 Å². The highest BCUT2D eigenvalue weighted by molar-refractivity contribution is 5.86. The van der Waals surface area contributed by atoms with Crippen LogP contribution in [0.25, 0.3) is 10.8 Å². The fourth-order valence-electron chi connectivity index (χ4n) is 4.71. The lowest BCUT2D eigenvalue weighted by Crippen LogP contribution is -2.19. The number of esters is 1. The Hall–Kier alpha value is -2.09. The Morgan fingerprint density at radius 2 is 1.48 bits per heavy atom. The van der Waals surface area contributed by atoms with Crippen LogP contribution >= 0.6 is 0 Å². The summed E-state index contributed by atoms with van der Waals surface area (Å²) < 4.78 is 5.00. The molecule has 1 saturated carbocycles. The molecule has 0 N–H and O–H groups in total. The van der Waals surface area contributed by atoms with Crippen LogP contribution in [-0.4, -0.2) is 13.1 Å². The zero-order chi connectivity index (χ0) is 14.1. The number of carbonyl (C=O) groups excluding carboxylic acids is 1. The molecule has 2 aromatic rings. The van der Waals surface area contributed by atoms with Crippen LogP contribution in [0, 0.1) is 17.8 Å². The topological polar surface area (TPSA) is 26.3 Å². The van der Waals surface area contributed by atoms with E-state index in [1.807, 2.05) is 0 Å². The van der Waals surface area contributed by atoms with Gasteiger partial charge in [-0.15, -0.1) is 0 Å². The summed E-state index contributed by atoms with van der Waals surface area (Å²) in [5.74, 6) is 1.77. The van der Waals surface area contributed by atoms with Crippen molar-refractivity contribution >= 4 is 16.7 Å². The van der Waals surface area contributed by atoms with E-state index in [9.17, 15) is 4.79 Å². The zero-order valence-corrected chi connectivity index (χ0v) is 11.8. The second-order valence-electron chi connectivity index (χ2n) is 6.47. The van der Waals surface area contributed by atoms with E-state index in [-0.39, 0.29) is 11.9 Å². The normalized spacial score (nSPS) is 34.4. The van der Waals surface area contributed by atoms with Gasteiger partial charge in [-0.05, 0) is 33.7 Å². The SMILES string of the molecule is COC(=O)C1C2C3C=CC(c4cc5ccccc5cc43)C12. The van der Waals surface area contributed by atoms with Crippen LogP contribution in [0.5, 0.6) is 0 Å². The van der Waals surface area contributed by atoms with E-state index in [4.69, 9.17) is 4.74 Å². The summed E-state index contributed by atoms with van der Waals surface area (Å²) in [4.78, 5) is 12.0. The summed E-state index contributed by atoms with van der Waals surface area (Å²) in [6.07, 6.45) is 4.62. The molecule has 104 valence electrons. The van der Waals surface area contributed by atoms with Gasteiger partial charge in [-0.25, -0.2) is 0 Å². The number of hydrogen-bond acceptors (Lipinski definition) is 2. The third-order valence-electron chi connectivity index (χ3n) is 5.63. The van der Waals surface area contributed by atoms with Gasteiger partial charge in [0.1, 0.15) is 0 Å². The van der Waals surface area contributed by atoms with Gasteiger partial charge in [0, 0.05) is 11.8 Å². The van der Waals surface area contributed by atoms with E-state index in [1.165, 1.54) is 29.0 Å². The Kier molecular flexibility index (Phi) is 2.07. The first kappa shape index (κ1) is 11.6. The van der Waals surface area contributed by atoms with Gasteiger partial charge in [-0.2, -0.15) is 0 Å². The molecular weight excluding hydrogens is 260 g/mol. The lowest BCUT2D eigenvalue weighted by Gasteiger charge is -2.33. The number of methoxy groups -OCH3 is 1. The van der Waals surface area contributed by atoms with Crippen LogP contribution in [0.15, 0.2) is 48.6 Å². The standard InChI is InChI=1S/C19H16O2/c1-21-19(20)18-16-12-6-7-13(17(16)18)15-9-11-5-3-2-4-10(11)8-14(12)15/h2-9,12-13,16-18H,1H3. The average Bonchev–Trinajstić information content (AvgIpc) is 3.29. The molecule has 1 fully saturated rings. The Morgan fingerprint density at radius 3 is 1.95 bits per heavy atom. The summed E-state index contributed by atoms with van der Waals surface area (Å²) in [6.45, 7) is 0. The summed E-state index contributed by atoms with van der Waals surface area (Å²) in [5.41, 5.74) is 2.85. The van der Waals surface area contributed by atoms with Crippen LogP contribution in [0.4, 0.5) is 0 Å². The summed E-state index contributed by atoms with van der Waals surface area (Å²) in [7, 11) is 1.50. The van der Waals surface area contributed by atoms with Crippen LogP contribution < -0.4 is 0 Å². The van der Waals surface area contributed by atoms with Crippen molar-refractivity contribution in [3.63, 3.8) is 0 Å². The molecule has 0 spiro atoms. The minimum atomic E-state index is -0.0268. The first-order valence-corrected chi connectivity index (χ1v) is 7.58. The van der Waals surface area contributed by atoms with E-state index in [1.54, 1.807) is 0 Å². The molecule has 4 aliphatic rings. The zero-order valence-electron chi connectivity index (χ0n) is 11.8. The van der Waals surface area contributed by atoms with Crippen LogP contribution in [0.2, 0.25) is 0 Å². The van der Waals surface area contributed by atoms with Crippen molar-refractivity contribution in [1.29, 1.82) is 0 Å². The fourth-order valence-corrected chi connectivity index (χ4v) is 4.71. The third kappa shape index (κ3) is 1.35. The smallest absolute Gasteiger partial charge is 0.309 e. The predicted molar refractivity (Wildman–Crippen MR) is 81.1 cm³/mol. The highest BCUT2D eigenvalue weighted by Gasteiger charge is 2.65. The minimum absolute atomic E-state index is 0.0268. The van der Waals surface area contributed by atoms with Gasteiger partial charge in [0.15, 0.2) is 0 Å². The molecule has 0 saturated heterocycles. The van der Waals surface area contributed by atoms with E-state index in [0.717, 1.165) is 0 Å². The van der Waals surface area contributed by atoms with Gasteiger partial charge >= 0.3 is 5.97 Å². The molecule has 0 aliphatic heterocycles. The second-order valence-corrected chi connectivity index (χ2v) is 6.47. The number of ether oxygens (including phenoxy) is 1. The number of carbonyl (C=O) groups is 1. The molecule has 2 bridgehead atoms. The molecule has 6 rings (SSSR count). The molecule has 2 nitrogen and oxygen atoms in total. The molecule has 0 amide bonds. The van der Waals surface area contributed by atoms with Gasteiger partial charge < -0.3 is 4.74 Å². The Balaban J connectivity index is 1.67. The molecular formula is C19H16O2. The molecule has 21 heavy (non-hydrogen) atoms. The van der Waals surface area contributed by atoms with Gasteiger partial charge in [0.25, 0.3) is 0 Å². The van der Waals surface area contributed by atoms with E-state index in [0.29, 0.717) is 23.7 Å². The third-order valence-corrected chi connectivity index (χ3v) is 5.63. The van der Waals surface area contributed by atoms with E-state index < -0.39 is 0 Å². The van der Waals surface area contributed by atoms with Gasteiger partial charge in [0.05, 0.1) is 13.0 Å². The molecule has 0 aromatic heterocycles. The van der Waals surface area contributed by atoms with Crippen molar-refractivity contribution in [3.05, 3.63) is 59.7 Å². The number of rotatable bonds is 1. The first-order valence-electron chi connectivity index (χ1n) is 7.58. The van der Waals surface area contributed by atoms with Crippen LogP contribution in [0.3, 0.4) is 0 Å². The number of hydrogen-bond donors (Lipinski definition) is 0. The van der Waals surface area contributed by atoms with E-state index >= 15 is 0 Å². The van der Waals surface area contributed by atoms with Crippen molar-refractivity contribution < 1.29 is 9.53 Å². The summed E-state index contributed by atoms with van der Waals surface area (Å²) >= 11 is 0. The van der Waals surface area contributed by atoms with E-state index in [2.05, 4.69) is 48.6 Å². The number of allylic oxidation sites excluding steroid dienone is 2. The van der Waals surface area contributed by atoms with Gasteiger partial charge in [-0.1, -0.05) is 48.6 Å². The fraction of sp³-hybridized carbons (Fsp3) is 0.316. The molecule has 4 unspecified atom stereocenters. The number of benzene rings is 2. The van der Waals surface area contributed by atoms with Crippen molar-refractivity contribution in [2.75, 3.05) is 7.11 Å². The monoisotopic (exact) mass is 276 g/mol. The van der Waals surface area contributed by atoms with Crippen molar-refractivity contribution in [2.24, 2.45) is 17.8 Å². The molecule has 2 heteroatoms. The predicted octanol–water partition coefficient (Wildman–Crippen LogP) is 3.63. The average molecular weight is 276 g/mol. The lowest BCUT2D eigenvalue weighted by atomic mass is 9.71. The molecule has 0 radical (unpaired) electrons. The minimum Gasteiger partial charge on any atom is -0.469 e. The molecule has 4 atom stereocenters. The van der Waals surface area contributed by atoms with Crippen LogP contribution in [0.1, 0.15) is 23.0 Å². The molecule has 2 aromatic carbocycles. The Bertz CT molecular complexity index is 746. The maximum absolute atomic E-state index is 12.0. The highest BCUT2D eigenvalue weighted by atomic mass is 16.5. The maximum atomic E-state index is 12.0.